The molecular weight excluding hydrogens is 205 g/mol. The van der Waals surface area contributed by atoms with Crippen LogP contribution in [0.1, 0.15) is 12.5 Å². The van der Waals surface area contributed by atoms with Gasteiger partial charge in [-0.1, -0.05) is 12.1 Å². The van der Waals surface area contributed by atoms with Gasteiger partial charge in [-0.3, -0.25) is 5.10 Å². The topological polar surface area (TPSA) is 40.7 Å². The van der Waals surface area contributed by atoms with E-state index in [1.807, 2.05) is 6.07 Å². The fourth-order valence-corrected chi connectivity index (χ4v) is 1.68. The molecule has 0 saturated carbocycles. The van der Waals surface area contributed by atoms with Crippen LogP contribution in [0.15, 0.2) is 36.7 Å². The maximum atomic E-state index is 13.0. The molecule has 0 aliphatic heterocycles. The summed E-state index contributed by atoms with van der Waals surface area (Å²) in [5, 5.41) is 9.86. The zero-order chi connectivity index (χ0) is 11.4. The second-order valence-corrected chi connectivity index (χ2v) is 3.87. The first-order valence-corrected chi connectivity index (χ1v) is 5.24. The predicted octanol–water partition coefficient (Wildman–Crippen LogP) is 2.59. The number of anilines is 1. The molecule has 0 amide bonds. The lowest BCUT2D eigenvalue weighted by Gasteiger charge is -2.13. The molecule has 2 N–H and O–H groups in total. The minimum atomic E-state index is -0.187. The summed E-state index contributed by atoms with van der Waals surface area (Å²) in [6.07, 6.45) is 4.30. The highest BCUT2D eigenvalue weighted by molar-refractivity contribution is 5.39. The van der Waals surface area contributed by atoms with Gasteiger partial charge >= 0.3 is 0 Å². The van der Waals surface area contributed by atoms with E-state index in [0.29, 0.717) is 0 Å². The Kier molecular flexibility index (Phi) is 3.19. The third kappa shape index (κ3) is 2.82. The third-order valence-corrected chi connectivity index (χ3v) is 2.34. The number of hydrogen-bond donors (Lipinski definition) is 2. The number of nitrogens with one attached hydrogen (secondary N) is 2. The van der Waals surface area contributed by atoms with Gasteiger partial charge in [0.2, 0.25) is 0 Å². The Morgan fingerprint density at radius 2 is 2.38 bits per heavy atom. The van der Waals surface area contributed by atoms with Crippen LogP contribution in [0.3, 0.4) is 0 Å². The molecule has 4 heteroatoms. The first kappa shape index (κ1) is 10.7. The summed E-state index contributed by atoms with van der Waals surface area (Å²) in [5.74, 6) is -0.187. The molecule has 0 aliphatic rings. The number of benzene rings is 1. The molecule has 2 aromatic rings. The van der Waals surface area contributed by atoms with Gasteiger partial charge in [0.1, 0.15) is 5.82 Å². The number of aromatic amines is 1. The summed E-state index contributed by atoms with van der Waals surface area (Å²) in [4.78, 5) is 0. The van der Waals surface area contributed by atoms with Crippen molar-refractivity contribution in [1.82, 2.24) is 10.2 Å². The van der Waals surface area contributed by atoms with Crippen molar-refractivity contribution in [3.8, 4) is 0 Å². The molecular formula is C12H14FN3. The van der Waals surface area contributed by atoms with Gasteiger partial charge in [0.05, 0.1) is 11.9 Å². The van der Waals surface area contributed by atoms with Gasteiger partial charge in [-0.25, -0.2) is 4.39 Å². The molecule has 3 nitrogen and oxygen atoms in total. The number of nitrogens with zero attached hydrogens (tertiary/aromatic N) is 1. The van der Waals surface area contributed by atoms with E-state index in [4.69, 9.17) is 0 Å². The lowest BCUT2D eigenvalue weighted by molar-refractivity contribution is 0.624. The van der Waals surface area contributed by atoms with Crippen LogP contribution in [0.25, 0.3) is 0 Å². The lowest BCUT2D eigenvalue weighted by Crippen LogP contribution is -2.17. The number of hydrogen-bond acceptors (Lipinski definition) is 2. The first-order chi connectivity index (χ1) is 7.74. The van der Waals surface area contributed by atoms with Crippen LogP contribution in [0.4, 0.5) is 10.1 Å². The molecule has 2 rings (SSSR count). The molecule has 0 bridgehead atoms. The minimum Gasteiger partial charge on any atom is -0.380 e. The Bertz CT molecular complexity index is 439. The average Bonchev–Trinajstić information content (AvgIpc) is 2.70. The highest BCUT2D eigenvalue weighted by Crippen LogP contribution is 2.10. The zero-order valence-electron chi connectivity index (χ0n) is 9.07. The van der Waals surface area contributed by atoms with Gasteiger partial charge in [-0.2, -0.15) is 5.10 Å². The molecule has 1 unspecified atom stereocenters. The van der Waals surface area contributed by atoms with Crippen molar-refractivity contribution >= 4 is 5.69 Å². The van der Waals surface area contributed by atoms with Gasteiger partial charge in [0.15, 0.2) is 0 Å². The predicted molar refractivity (Wildman–Crippen MR) is 61.8 cm³/mol. The van der Waals surface area contributed by atoms with E-state index in [-0.39, 0.29) is 11.9 Å². The largest absolute Gasteiger partial charge is 0.380 e. The van der Waals surface area contributed by atoms with Gasteiger partial charge in [-0.15, -0.1) is 0 Å². The Labute approximate surface area is 93.7 Å². The molecule has 84 valence electrons. The van der Waals surface area contributed by atoms with Crippen molar-refractivity contribution in [3.63, 3.8) is 0 Å². The standard InChI is InChI=1S/C12H14FN3/c1-9(16-12-7-14-15-8-12)5-10-3-2-4-11(13)6-10/h2-4,6-9,16H,5H2,1H3,(H,14,15). The smallest absolute Gasteiger partial charge is 0.123 e. The number of aromatic nitrogens is 2. The molecule has 0 aliphatic carbocycles. The van der Waals surface area contributed by atoms with Crippen molar-refractivity contribution < 1.29 is 4.39 Å². The highest BCUT2D eigenvalue weighted by atomic mass is 19.1. The van der Waals surface area contributed by atoms with Crippen molar-refractivity contribution in [2.45, 2.75) is 19.4 Å². The van der Waals surface area contributed by atoms with Crippen LogP contribution in [-0.2, 0) is 6.42 Å². The van der Waals surface area contributed by atoms with Gasteiger partial charge in [-0.05, 0) is 31.0 Å². The van der Waals surface area contributed by atoms with Crippen LogP contribution < -0.4 is 5.32 Å². The van der Waals surface area contributed by atoms with E-state index < -0.39 is 0 Å². The lowest BCUT2D eigenvalue weighted by atomic mass is 10.1. The highest BCUT2D eigenvalue weighted by Gasteiger charge is 2.04. The fraction of sp³-hybridized carbons (Fsp3) is 0.250. The van der Waals surface area contributed by atoms with Crippen molar-refractivity contribution in [1.29, 1.82) is 0 Å². The maximum absolute atomic E-state index is 13.0. The quantitative estimate of drug-likeness (QED) is 0.829. The SMILES string of the molecule is CC(Cc1cccc(F)c1)Nc1cn[nH]c1. The van der Waals surface area contributed by atoms with E-state index >= 15 is 0 Å². The summed E-state index contributed by atoms with van der Waals surface area (Å²) in [5.41, 5.74) is 1.94. The van der Waals surface area contributed by atoms with E-state index in [9.17, 15) is 4.39 Å². The normalized spacial score (nSPS) is 12.4. The number of rotatable bonds is 4. The molecule has 1 heterocycles. The second-order valence-electron chi connectivity index (χ2n) is 3.87. The summed E-state index contributed by atoms with van der Waals surface area (Å²) < 4.78 is 13.0. The molecule has 0 spiro atoms. The van der Waals surface area contributed by atoms with Gasteiger partial charge in [0.25, 0.3) is 0 Å². The van der Waals surface area contributed by atoms with Crippen LogP contribution in [-0.4, -0.2) is 16.2 Å². The van der Waals surface area contributed by atoms with E-state index in [1.165, 1.54) is 6.07 Å². The van der Waals surface area contributed by atoms with Crippen LogP contribution in [0.5, 0.6) is 0 Å². The molecule has 16 heavy (non-hydrogen) atoms. The third-order valence-electron chi connectivity index (χ3n) is 2.34. The van der Waals surface area contributed by atoms with Crippen molar-refractivity contribution in [2.24, 2.45) is 0 Å². The van der Waals surface area contributed by atoms with Crippen molar-refractivity contribution in [2.75, 3.05) is 5.32 Å². The minimum absolute atomic E-state index is 0.187. The molecule has 0 saturated heterocycles. The Morgan fingerprint density at radius 1 is 1.50 bits per heavy atom. The van der Waals surface area contributed by atoms with Crippen LogP contribution in [0.2, 0.25) is 0 Å². The summed E-state index contributed by atoms with van der Waals surface area (Å²) >= 11 is 0. The van der Waals surface area contributed by atoms with Crippen LogP contribution >= 0.6 is 0 Å². The second kappa shape index (κ2) is 4.79. The molecule has 0 fully saturated rings. The Hall–Kier alpha value is -1.84. The van der Waals surface area contributed by atoms with Gasteiger partial charge < -0.3 is 5.32 Å². The summed E-state index contributed by atoms with van der Waals surface area (Å²) in [7, 11) is 0. The van der Waals surface area contributed by atoms with Crippen LogP contribution in [0, 0.1) is 5.82 Å². The summed E-state index contributed by atoms with van der Waals surface area (Å²) in [6, 6.07) is 6.91. The van der Waals surface area contributed by atoms with Gasteiger partial charge in [0, 0.05) is 12.2 Å². The molecule has 0 radical (unpaired) electrons. The number of H-pyrrole nitrogens is 1. The fourth-order valence-electron chi connectivity index (χ4n) is 1.68. The van der Waals surface area contributed by atoms with Crippen molar-refractivity contribution in [3.05, 3.63) is 48.0 Å². The maximum Gasteiger partial charge on any atom is 0.123 e. The first-order valence-electron chi connectivity index (χ1n) is 5.24. The van der Waals surface area contributed by atoms with E-state index in [2.05, 4.69) is 22.4 Å². The molecule has 1 aromatic carbocycles. The zero-order valence-corrected chi connectivity index (χ0v) is 9.07. The monoisotopic (exact) mass is 219 g/mol. The summed E-state index contributed by atoms with van der Waals surface area (Å²) in [6.45, 7) is 2.05. The van der Waals surface area contributed by atoms with E-state index in [0.717, 1.165) is 17.7 Å². The van der Waals surface area contributed by atoms with E-state index in [1.54, 1.807) is 24.5 Å². The Morgan fingerprint density at radius 3 is 3.06 bits per heavy atom. The average molecular weight is 219 g/mol. The molecule has 1 atom stereocenters. The Balaban J connectivity index is 1.94. The molecule has 1 aromatic heterocycles. The number of halogens is 1.